The van der Waals surface area contributed by atoms with E-state index in [-0.39, 0.29) is 16.1 Å². The molecule has 0 unspecified atom stereocenters. The Kier molecular flexibility index (Phi) is 4.32. The van der Waals surface area contributed by atoms with Gasteiger partial charge in [-0.15, -0.1) is 11.8 Å². The van der Waals surface area contributed by atoms with E-state index >= 15 is 0 Å². The fourth-order valence-electron chi connectivity index (χ4n) is 1.63. The first kappa shape index (κ1) is 14.4. The number of para-hydroxylation sites is 1. The molecule has 0 amide bonds. The normalized spacial score (nSPS) is 10.8. The summed E-state index contributed by atoms with van der Waals surface area (Å²) < 4.78 is 26.9. The lowest BCUT2D eigenvalue weighted by molar-refractivity contribution is 0.601. The highest BCUT2D eigenvalue weighted by atomic mass is 32.2. The Bertz CT molecular complexity index is 747. The van der Waals surface area contributed by atoms with Gasteiger partial charge in [-0.05, 0) is 42.7 Å². The lowest BCUT2D eigenvalue weighted by Gasteiger charge is -2.09. The van der Waals surface area contributed by atoms with Crippen LogP contribution in [0.5, 0.6) is 0 Å². The Balaban J connectivity index is 2.33. The Labute approximate surface area is 122 Å². The number of thioether (sulfide) groups is 1. The molecule has 102 valence electrons. The zero-order valence-corrected chi connectivity index (χ0v) is 12.3. The van der Waals surface area contributed by atoms with Crippen molar-refractivity contribution in [1.29, 1.82) is 5.26 Å². The molecule has 0 radical (unpaired) electrons. The fraction of sp³-hybridized carbons (Fsp3) is 0.0714. The third-order valence-corrected chi connectivity index (χ3v) is 4.79. The number of nitriles is 1. The van der Waals surface area contributed by atoms with E-state index in [0.29, 0.717) is 0 Å². The van der Waals surface area contributed by atoms with Crippen molar-refractivity contribution in [2.75, 3.05) is 11.0 Å². The van der Waals surface area contributed by atoms with Crippen LogP contribution in [0, 0.1) is 11.3 Å². The molecule has 6 heteroatoms. The Morgan fingerprint density at radius 1 is 1.10 bits per heavy atom. The number of anilines is 1. The first-order valence-corrected chi connectivity index (χ1v) is 8.43. The van der Waals surface area contributed by atoms with E-state index in [0.717, 1.165) is 4.90 Å². The molecule has 1 N–H and O–H groups in total. The van der Waals surface area contributed by atoms with Crippen LogP contribution in [-0.4, -0.2) is 14.7 Å². The predicted octanol–water partition coefficient (Wildman–Crippen LogP) is 3.08. The molecule has 4 nitrogen and oxygen atoms in total. The summed E-state index contributed by atoms with van der Waals surface area (Å²) in [6.07, 6.45) is 1.92. The minimum atomic E-state index is -3.68. The van der Waals surface area contributed by atoms with Crippen molar-refractivity contribution in [2.45, 2.75) is 9.79 Å². The van der Waals surface area contributed by atoms with Crippen molar-refractivity contribution in [3.63, 3.8) is 0 Å². The first-order chi connectivity index (χ1) is 9.56. The Morgan fingerprint density at radius 3 is 2.35 bits per heavy atom. The van der Waals surface area contributed by atoms with Gasteiger partial charge in [0.25, 0.3) is 10.0 Å². The van der Waals surface area contributed by atoms with Gasteiger partial charge in [0.1, 0.15) is 6.07 Å². The van der Waals surface area contributed by atoms with Crippen LogP contribution in [0.2, 0.25) is 0 Å². The van der Waals surface area contributed by atoms with Crippen molar-refractivity contribution in [2.24, 2.45) is 0 Å². The number of rotatable bonds is 4. The minimum Gasteiger partial charge on any atom is -0.278 e. The smallest absolute Gasteiger partial charge is 0.261 e. The van der Waals surface area contributed by atoms with Crippen molar-refractivity contribution in [3.8, 4) is 6.07 Å². The van der Waals surface area contributed by atoms with E-state index in [1.54, 1.807) is 48.5 Å². The molecular weight excluding hydrogens is 292 g/mol. The summed E-state index contributed by atoms with van der Waals surface area (Å²) in [4.78, 5) is 1.16. The van der Waals surface area contributed by atoms with Crippen molar-refractivity contribution in [3.05, 3.63) is 54.1 Å². The quantitative estimate of drug-likeness (QED) is 0.881. The van der Waals surface area contributed by atoms with Crippen LogP contribution in [0.1, 0.15) is 5.56 Å². The number of nitrogens with zero attached hydrogens (tertiary/aromatic N) is 1. The Morgan fingerprint density at radius 2 is 1.75 bits per heavy atom. The standard InChI is InChI=1S/C14H12N2O2S2/c1-19-12-6-8-13(9-7-12)20(17,18)16-14-5-3-2-4-11(14)10-15/h2-9,16H,1H3. The average molecular weight is 304 g/mol. The van der Waals surface area contributed by atoms with Crippen molar-refractivity contribution < 1.29 is 8.42 Å². The minimum absolute atomic E-state index is 0.169. The van der Waals surface area contributed by atoms with Crippen LogP contribution in [-0.2, 0) is 10.0 Å². The second kappa shape index (κ2) is 5.99. The summed E-state index contributed by atoms with van der Waals surface area (Å²) >= 11 is 1.54. The zero-order valence-electron chi connectivity index (χ0n) is 10.7. The van der Waals surface area contributed by atoms with Crippen LogP contribution in [0.15, 0.2) is 58.3 Å². The molecule has 0 fully saturated rings. The van der Waals surface area contributed by atoms with Crippen LogP contribution in [0.4, 0.5) is 5.69 Å². The van der Waals surface area contributed by atoms with E-state index in [2.05, 4.69) is 4.72 Å². The van der Waals surface area contributed by atoms with E-state index in [9.17, 15) is 8.42 Å². The zero-order chi connectivity index (χ0) is 14.6. The maximum atomic E-state index is 12.2. The lowest BCUT2D eigenvalue weighted by Crippen LogP contribution is -2.13. The van der Waals surface area contributed by atoms with E-state index < -0.39 is 10.0 Å². The van der Waals surface area contributed by atoms with Gasteiger partial charge in [-0.25, -0.2) is 8.42 Å². The molecule has 0 saturated heterocycles. The molecule has 2 rings (SSSR count). The summed E-state index contributed by atoms with van der Waals surface area (Å²) in [5, 5.41) is 8.97. The highest BCUT2D eigenvalue weighted by Crippen LogP contribution is 2.21. The van der Waals surface area contributed by atoms with Crippen molar-refractivity contribution in [1.82, 2.24) is 0 Å². The SMILES string of the molecule is CSc1ccc(S(=O)(=O)Nc2ccccc2C#N)cc1. The predicted molar refractivity (Wildman–Crippen MR) is 80.2 cm³/mol. The van der Waals surface area contributed by atoms with Crippen LogP contribution >= 0.6 is 11.8 Å². The number of nitrogens with one attached hydrogen (secondary N) is 1. The molecule has 0 aliphatic carbocycles. The fourth-order valence-corrected chi connectivity index (χ4v) is 3.12. The second-order valence-corrected chi connectivity index (χ2v) is 6.50. The number of hydrogen-bond donors (Lipinski definition) is 1. The number of benzene rings is 2. The van der Waals surface area contributed by atoms with E-state index in [4.69, 9.17) is 5.26 Å². The monoisotopic (exact) mass is 304 g/mol. The molecule has 20 heavy (non-hydrogen) atoms. The molecule has 0 spiro atoms. The van der Waals surface area contributed by atoms with Gasteiger partial charge < -0.3 is 0 Å². The largest absolute Gasteiger partial charge is 0.278 e. The van der Waals surface area contributed by atoms with Crippen LogP contribution in [0.25, 0.3) is 0 Å². The third-order valence-electron chi connectivity index (χ3n) is 2.66. The van der Waals surface area contributed by atoms with Crippen LogP contribution in [0.3, 0.4) is 0 Å². The first-order valence-electron chi connectivity index (χ1n) is 5.73. The lowest BCUT2D eigenvalue weighted by atomic mass is 10.2. The average Bonchev–Trinajstić information content (AvgIpc) is 2.47. The molecule has 0 aromatic heterocycles. The third kappa shape index (κ3) is 3.13. The van der Waals surface area contributed by atoms with Crippen LogP contribution < -0.4 is 4.72 Å². The molecule has 0 saturated carbocycles. The van der Waals surface area contributed by atoms with Gasteiger partial charge in [0, 0.05) is 4.90 Å². The van der Waals surface area contributed by atoms with Gasteiger partial charge in [-0.3, -0.25) is 4.72 Å². The summed E-state index contributed by atoms with van der Waals surface area (Å²) in [5.41, 5.74) is 0.570. The molecule has 0 atom stereocenters. The molecule has 0 bridgehead atoms. The Hall–Kier alpha value is -1.97. The molecule has 2 aromatic carbocycles. The highest BCUT2D eigenvalue weighted by molar-refractivity contribution is 7.98. The summed E-state index contributed by atoms with van der Waals surface area (Å²) in [7, 11) is -3.68. The van der Waals surface area contributed by atoms with Gasteiger partial charge in [0.05, 0.1) is 16.1 Å². The molecule has 0 aliphatic rings. The summed E-state index contributed by atoms with van der Waals surface area (Å²) in [6, 6.07) is 15.0. The topological polar surface area (TPSA) is 70.0 Å². The van der Waals surface area contributed by atoms with Gasteiger partial charge in [-0.1, -0.05) is 12.1 Å². The molecule has 0 heterocycles. The van der Waals surface area contributed by atoms with Gasteiger partial charge in [0.2, 0.25) is 0 Å². The van der Waals surface area contributed by atoms with Gasteiger partial charge in [0.15, 0.2) is 0 Å². The molecular formula is C14H12N2O2S2. The summed E-state index contributed by atoms with van der Waals surface area (Å²) in [6.45, 7) is 0. The highest BCUT2D eigenvalue weighted by Gasteiger charge is 2.15. The maximum Gasteiger partial charge on any atom is 0.261 e. The second-order valence-electron chi connectivity index (χ2n) is 3.94. The van der Waals surface area contributed by atoms with E-state index in [1.165, 1.54) is 11.8 Å². The van der Waals surface area contributed by atoms with Gasteiger partial charge >= 0.3 is 0 Å². The molecule has 2 aromatic rings. The molecule has 0 aliphatic heterocycles. The van der Waals surface area contributed by atoms with Gasteiger partial charge in [-0.2, -0.15) is 5.26 Å². The summed E-state index contributed by atoms with van der Waals surface area (Å²) in [5.74, 6) is 0. The maximum absolute atomic E-state index is 12.2. The van der Waals surface area contributed by atoms with Crippen molar-refractivity contribution >= 4 is 27.5 Å². The van der Waals surface area contributed by atoms with E-state index in [1.807, 2.05) is 12.3 Å². The number of hydrogen-bond acceptors (Lipinski definition) is 4. The number of sulfonamides is 1.